The number of phenols is 2. The Bertz CT molecular complexity index is 1180. The molecule has 0 radical (unpaired) electrons. The molecule has 0 spiro atoms. The van der Waals surface area contributed by atoms with Crippen molar-refractivity contribution in [3.05, 3.63) is 52.4 Å². The molecule has 0 aliphatic carbocycles. The molecule has 0 atom stereocenters. The normalized spacial score (nSPS) is 14.0. The molecule has 0 bridgehead atoms. The molecule has 1 aliphatic rings. The third-order valence-electron chi connectivity index (χ3n) is 5.36. The van der Waals surface area contributed by atoms with E-state index in [2.05, 4.69) is 15.5 Å². The summed E-state index contributed by atoms with van der Waals surface area (Å²) in [6.45, 7) is 6.44. The van der Waals surface area contributed by atoms with Gasteiger partial charge in [-0.05, 0) is 41.8 Å². The van der Waals surface area contributed by atoms with E-state index in [0.717, 1.165) is 13.1 Å². The largest absolute Gasteiger partial charge is 0.508 e. The lowest BCUT2D eigenvalue weighted by molar-refractivity contribution is 0.146. The minimum atomic E-state index is -0.496. The number of aromatic hydroxyl groups is 2. The van der Waals surface area contributed by atoms with Crippen molar-refractivity contribution in [1.29, 1.82) is 0 Å². The second-order valence-corrected chi connectivity index (χ2v) is 7.87. The maximum atomic E-state index is 12.5. The third kappa shape index (κ3) is 4.17. The predicted molar refractivity (Wildman–Crippen MR) is 118 cm³/mol. The van der Waals surface area contributed by atoms with Gasteiger partial charge in [-0.3, -0.25) is 0 Å². The van der Waals surface area contributed by atoms with E-state index in [1.54, 1.807) is 35.2 Å². The first-order valence-corrected chi connectivity index (χ1v) is 10.4. The molecule has 4 rings (SSSR count). The lowest BCUT2D eigenvalue weighted by atomic mass is 9.98. The molecule has 1 fully saturated rings. The summed E-state index contributed by atoms with van der Waals surface area (Å²) in [5.41, 5.74) is 0.900. The molecular formula is C22H25N5O5. The summed E-state index contributed by atoms with van der Waals surface area (Å²) in [6.07, 6.45) is -0.421. The molecular weight excluding hydrogens is 414 g/mol. The van der Waals surface area contributed by atoms with Gasteiger partial charge in [-0.25, -0.2) is 19.3 Å². The van der Waals surface area contributed by atoms with Crippen LogP contribution < -0.4 is 15.7 Å². The van der Waals surface area contributed by atoms with Crippen molar-refractivity contribution in [2.75, 3.05) is 26.2 Å². The quantitative estimate of drug-likeness (QED) is 0.490. The van der Waals surface area contributed by atoms with Gasteiger partial charge in [-0.2, -0.15) is 5.10 Å². The van der Waals surface area contributed by atoms with Crippen molar-refractivity contribution >= 4 is 6.09 Å². The highest BCUT2D eigenvalue weighted by Crippen LogP contribution is 2.37. The maximum Gasteiger partial charge on any atom is 0.415 e. The number of hydrogen-bond donors (Lipinski definition) is 4. The number of nitrogens with one attached hydrogen (secondary N) is 2. The average molecular weight is 439 g/mol. The van der Waals surface area contributed by atoms with Crippen LogP contribution in [-0.4, -0.2) is 62.1 Å². The monoisotopic (exact) mass is 439 g/mol. The first-order chi connectivity index (χ1) is 15.3. The van der Waals surface area contributed by atoms with Crippen LogP contribution in [0.2, 0.25) is 0 Å². The van der Waals surface area contributed by atoms with E-state index in [4.69, 9.17) is 4.74 Å². The number of piperazine rings is 1. The van der Waals surface area contributed by atoms with Gasteiger partial charge in [-0.15, -0.1) is 0 Å². The highest BCUT2D eigenvalue weighted by atomic mass is 16.6. The first-order valence-electron chi connectivity index (χ1n) is 10.4. The zero-order valence-corrected chi connectivity index (χ0v) is 17.8. The number of benzene rings is 2. The average Bonchev–Trinajstić information content (AvgIpc) is 3.15. The zero-order valence-electron chi connectivity index (χ0n) is 17.8. The number of H-pyrrole nitrogens is 1. The summed E-state index contributed by atoms with van der Waals surface area (Å²) in [6, 6.07) is 9.30. The van der Waals surface area contributed by atoms with E-state index >= 15 is 0 Å². The summed E-state index contributed by atoms with van der Waals surface area (Å²) < 4.78 is 6.73. The summed E-state index contributed by atoms with van der Waals surface area (Å²) in [4.78, 5) is 26.4. The SMILES string of the molecule is CC(C)c1cc(-c2n[nH]c(=O)n2-c2ccc(OC(=O)N3CCNCC3)cc2)c(O)cc1O. The van der Waals surface area contributed by atoms with Gasteiger partial charge < -0.3 is 25.2 Å². The van der Waals surface area contributed by atoms with Gasteiger partial charge >= 0.3 is 11.8 Å². The fourth-order valence-electron chi connectivity index (χ4n) is 3.63. The van der Waals surface area contributed by atoms with Crippen LogP contribution in [0.1, 0.15) is 25.3 Å². The smallest absolute Gasteiger partial charge is 0.415 e. The number of carbonyl (C=O) groups excluding carboxylic acids is 1. The number of aromatic nitrogens is 3. The van der Waals surface area contributed by atoms with Gasteiger partial charge in [0.15, 0.2) is 5.82 Å². The number of phenolic OH excluding ortho intramolecular Hbond substituents is 2. The van der Waals surface area contributed by atoms with Crippen molar-refractivity contribution in [1.82, 2.24) is 25.0 Å². The van der Waals surface area contributed by atoms with E-state index in [1.807, 2.05) is 13.8 Å². The van der Waals surface area contributed by atoms with Crippen molar-refractivity contribution in [2.24, 2.45) is 0 Å². The van der Waals surface area contributed by atoms with Crippen LogP contribution in [0.25, 0.3) is 17.1 Å². The number of nitrogens with zero attached hydrogens (tertiary/aromatic N) is 3. The molecule has 0 unspecified atom stereocenters. The van der Waals surface area contributed by atoms with Crippen molar-refractivity contribution < 1.29 is 19.7 Å². The van der Waals surface area contributed by atoms with Gasteiger partial charge in [-0.1, -0.05) is 13.8 Å². The highest BCUT2D eigenvalue weighted by molar-refractivity contribution is 5.71. The molecule has 1 saturated heterocycles. The van der Waals surface area contributed by atoms with Gasteiger partial charge in [0.2, 0.25) is 0 Å². The van der Waals surface area contributed by atoms with Crippen LogP contribution >= 0.6 is 0 Å². The number of carbonyl (C=O) groups is 1. The van der Waals surface area contributed by atoms with E-state index in [-0.39, 0.29) is 23.2 Å². The molecule has 10 nitrogen and oxygen atoms in total. The number of rotatable bonds is 4. The Balaban J connectivity index is 1.63. The van der Waals surface area contributed by atoms with Crippen molar-refractivity contribution in [2.45, 2.75) is 19.8 Å². The molecule has 0 saturated carbocycles. The molecule has 1 aromatic heterocycles. The molecule has 2 aromatic carbocycles. The second kappa shape index (κ2) is 8.75. The van der Waals surface area contributed by atoms with Crippen LogP contribution in [0.15, 0.2) is 41.2 Å². The predicted octanol–water partition coefficient (Wildman–Crippen LogP) is 2.17. The topological polar surface area (TPSA) is 133 Å². The molecule has 32 heavy (non-hydrogen) atoms. The molecule has 168 valence electrons. The Labute approximate surface area is 184 Å². The van der Waals surface area contributed by atoms with Gasteiger partial charge in [0.1, 0.15) is 17.2 Å². The maximum absolute atomic E-state index is 12.5. The third-order valence-corrected chi connectivity index (χ3v) is 5.36. The Kier molecular flexibility index (Phi) is 5.87. The standard InChI is InChI=1S/C22H25N5O5/c1-13(2)16-11-17(19(29)12-18(16)28)20-24-25-21(30)27(20)14-3-5-15(6-4-14)32-22(31)26-9-7-23-8-10-26/h3-6,11-13,23,28-29H,7-10H2,1-2H3,(H,25,30). The summed E-state index contributed by atoms with van der Waals surface area (Å²) in [5, 5.41) is 30.2. The highest BCUT2D eigenvalue weighted by Gasteiger charge is 2.21. The second-order valence-electron chi connectivity index (χ2n) is 7.87. The summed E-state index contributed by atoms with van der Waals surface area (Å²) in [7, 11) is 0. The summed E-state index contributed by atoms with van der Waals surface area (Å²) >= 11 is 0. The minimum absolute atomic E-state index is 0.00174. The molecule has 1 aliphatic heterocycles. The Morgan fingerprint density at radius 2 is 1.78 bits per heavy atom. The van der Waals surface area contributed by atoms with Crippen LogP contribution in [0.5, 0.6) is 17.2 Å². The molecule has 10 heteroatoms. The molecule has 3 aromatic rings. The summed E-state index contributed by atoms with van der Waals surface area (Å²) in [5.74, 6) is 0.318. The Morgan fingerprint density at radius 3 is 2.44 bits per heavy atom. The van der Waals surface area contributed by atoms with Crippen LogP contribution in [-0.2, 0) is 0 Å². The molecule has 4 N–H and O–H groups in total. The fraction of sp³-hybridized carbons (Fsp3) is 0.318. The Morgan fingerprint density at radius 1 is 1.09 bits per heavy atom. The zero-order chi connectivity index (χ0) is 22.8. The molecule has 2 heterocycles. The van der Waals surface area contributed by atoms with Crippen molar-refractivity contribution in [3.63, 3.8) is 0 Å². The van der Waals surface area contributed by atoms with Gasteiger partial charge in [0.25, 0.3) is 0 Å². The lowest BCUT2D eigenvalue weighted by Gasteiger charge is -2.26. The van der Waals surface area contributed by atoms with Crippen LogP contribution in [0.4, 0.5) is 4.79 Å². The first kappa shape index (κ1) is 21.4. The number of hydrogen-bond acceptors (Lipinski definition) is 7. The van der Waals surface area contributed by atoms with Crippen LogP contribution in [0, 0.1) is 0 Å². The number of aromatic amines is 1. The lowest BCUT2D eigenvalue weighted by Crippen LogP contribution is -2.47. The van der Waals surface area contributed by atoms with Crippen molar-refractivity contribution in [3.8, 4) is 34.3 Å². The van der Waals surface area contributed by atoms with E-state index in [9.17, 15) is 19.8 Å². The van der Waals surface area contributed by atoms with E-state index < -0.39 is 11.8 Å². The number of amides is 1. The van der Waals surface area contributed by atoms with Gasteiger partial charge in [0, 0.05) is 32.2 Å². The minimum Gasteiger partial charge on any atom is -0.508 e. The van der Waals surface area contributed by atoms with E-state index in [1.165, 1.54) is 10.6 Å². The fourth-order valence-corrected chi connectivity index (χ4v) is 3.63. The number of ether oxygens (including phenoxy) is 1. The van der Waals surface area contributed by atoms with Crippen LogP contribution in [0.3, 0.4) is 0 Å². The Hall–Kier alpha value is -3.79. The molecule has 1 amide bonds. The van der Waals surface area contributed by atoms with E-state index in [0.29, 0.717) is 35.7 Å². The van der Waals surface area contributed by atoms with Gasteiger partial charge in [0.05, 0.1) is 11.3 Å².